The van der Waals surface area contributed by atoms with Crippen LogP contribution in [0.5, 0.6) is 0 Å². The van der Waals surface area contributed by atoms with E-state index in [4.69, 9.17) is 9.84 Å². The molecule has 0 aliphatic rings. The van der Waals surface area contributed by atoms with Gasteiger partial charge in [-0.15, -0.1) is 0 Å². The molecule has 0 aliphatic heterocycles. The molecule has 0 aromatic rings. The van der Waals surface area contributed by atoms with Gasteiger partial charge in [-0.05, 0) is 6.42 Å². The summed E-state index contributed by atoms with van der Waals surface area (Å²) in [5.74, 6) is 0. The molecule has 1 N–H and O–H groups in total. The lowest BCUT2D eigenvalue weighted by atomic mass is 10.5. The van der Waals surface area contributed by atoms with Gasteiger partial charge in [0.2, 0.25) is 0 Å². The Morgan fingerprint density at radius 2 is 2.12 bits per heavy atom. The zero-order valence-electron chi connectivity index (χ0n) is 5.10. The Bertz CT molecular complexity index is 35.4. The Balaban J connectivity index is 2.53. The summed E-state index contributed by atoms with van der Waals surface area (Å²) in [6, 6.07) is 1.19. The summed E-state index contributed by atoms with van der Waals surface area (Å²) in [7, 11) is 1.94. The van der Waals surface area contributed by atoms with Crippen LogP contribution in [0.1, 0.15) is 6.42 Å². The van der Waals surface area contributed by atoms with Crippen molar-refractivity contribution in [2.75, 3.05) is 19.8 Å². The van der Waals surface area contributed by atoms with Crippen molar-refractivity contribution in [3.8, 4) is 0 Å². The average Bonchev–Trinajstić information content (AvgIpc) is 1.81. The number of aliphatic hydroxyl groups excluding tert-OH is 1. The highest BCUT2D eigenvalue weighted by Gasteiger charge is 1.82. The molecule has 0 aliphatic carbocycles. The van der Waals surface area contributed by atoms with Gasteiger partial charge in [-0.25, -0.2) is 0 Å². The predicted octanol–water partition coefficient (Wildman–Crippen LogP) is -0.563. The van der Waals surface area contributed by atoms with Crippen LogP contribution in [0.4, 0.5) is 0 Å². The van der Waals surface area contributed by atoms with E-state index in [1.54, 1.807) is 0 Å². The molecule has 0 aromatic heterocycles. The molecule has 0 unspecified atom stereocenters. The number of rotatable bonds is 5. The first-order valence-corrected chi connectivity index (χ1v) is 3.89. The average molecular weight is 133 g/mol. The largest absolute Gasteiger partial charge is 0.394 e. The van der Waals surface area contributed by atoms with Gasteiger partial charge in [0.25, 0.3) is 0 Å². The molecule has 49 valence electrons. The monoisotopic (exact) mass is 133 g/mol. The summed E-state index contributed by atoms with van der Waals surface area (Å²) in [4.78, 5) is 0. The minimum absolute atomic E-state index is 0.145. The lowest BCUT2D eigenvalue weighted by Gasteiger charge is -1.97. The van der Waals surface area contributed by atoms with Crippen molar-refractivity contribution in [3.05, 3.63) is 0 Å². The summed E-state index contributed by atoms with van der Waals surface area (Å²) >= 11 is 0. The van der Waals surface area contributed by atoms with Crippen LogP contribution >= 0.6 is 0 Å². The van der Waals surface area contributed by atoms with E-state index in [-0.39, 0.29) is 6.61 Å². The fraction of sp³-hybridized carbons (Fsp3) is 1.00. The Labute approximate surface area is 53.3 Å². The first-order chi connectivity index (χ1) is 3.91. The van der Waals surface area contributed by atoms with Gasteiger partial charge in [-0.2, -0.15) is 0 Å². The van der Waals surface area contributed by atoms with E-state index in [1.165, 1.54) is 6.04 Å². The second-order valence-corrected chi connectivity index (χ2v) is 2.25. The molecule has 3 heteroatoms. The van der Waals surface area contributed by atoms with Crippen LogP contribution in [0.3, 0.4) is 0 Å². The van der Waals surface area contributed by atoms with E-state index in [9.17, 15) is 0 Å². The summed E-state index contributed by atoms with van der Waals surface area (Å²) in [6.07, 6.45) is 1.11. The number of aliphatic hydroxyl groups is 1. The van der Waals surface area contributed by atoms with Crippen molar-refractivity contribution in [1.29, 1.82) is 0 Å². The Morgan fingerprint density at radius 3 is 2.62 bits per heavy atom. The second-order valence-electron chi connectivity index (χ2n) is 1.54. The van der Waals surface area contributed by atoms with Crippen LogP contribution in [-0.2, 0) is 4.74 Å². The van der Waals surface area contributed by atoms with E-state index in [0.717, 1.165) is 13.0 Å². The van der Waals surface area contributed by atoms with Crippen LogP contribution in [0.15, 0.2) is 0 Å². The van der Waals surface area contributed by atoms with Gasteiger partial charge in [0.15, 0.2) is 0 Å². The quantitative estimate of drug-likeness (QED) is 0.402. The van der Waals surface area contributed by atoms with Crippen molar-refractivity contribution < 1.29 is 9.84 Å². The van der Waals surface area contributed by atoms with Crippen LogP contribution < -0.4 is 0 Å². The van der Waals surface area contributed by atoms with Gasteiger partial charge >= 0.3 is 0 Å². The topological polar surface area (TPSA) is 29.5 Å². The Hall–Kier alpha value is 0.137. The molecule has 0 fully saturated rings. The molecule has 0 bridgehead atoms. The molecule has 0 rings (SSSR count). The third-order valence-electron chi connectivity index (χ3n) is 0.774. The standard InChI is InChI=1S/C5H13O2Si/c6-2-4-7-3-1-5-8/h6H,1-5,8H2. The summed E-state index contributed by atoms with van der Waals surface area (Å²) in [6.45, 7) is 1.43. The SMILES string of the molecule is OCCOCCC[SiH2]. The van der Waals surface area contributed by atoms with Crippen LogP contribution in [-0.4, -0.2) is 35.2 Å². The van der Waals surface area contributed by atoms with E-state index < -0.39 is 0 Å². The fourth-order valence-corrected chi connectivity index (χ4v) is 0.575. The zero-order valence-corrected chi connectivity index (χ0v) is 6.51. The third-order valence-corrected chi connectivity index (χ3v) is 1.27. The maximum absolute atomic E-state index is 8.24. The first-order valence-electron chi connectivity index (χ1n) is 2.89. The van der Waals surface area contributed by atoms with Crippen molar-refractivity contribution in [2.24, 2.45) is 0 Å². The van der Waals surface area contributed by atoms with Crippen molar-refractivity contribution in [2.45, 2.75) is 12.5 Å². The molecule has 0 amide bonds. The molecule has 0 saturated heterocycles. The van der Waals surface area contributed by atoms with Gasteiger partial charge in [0.1, 0.15) is 0 Å². The van der Waals surface area contributed by atoms with Crippen molar-refractivity contribution >= 4 is 10.2 Å². The number of hydrogen-bond acceptors (Lipinski definition) is 2. The van der Waals surface area contributed by atoms with Gasteiger partial charge < -0.3 is 9.84 Å². The maximum atomic E-state index is 8.24. The van der Waals surface area contributed by atoms with E-state index in [0.29, 0.717) is 6.61 Å². The summed E-state index contributed by atoms with van der Waals surface area (Å²) in [5, 5.41) is 8.24. The molecule has 8 heavy (non-hydrogen) atoms. The van der Waals surface area contributed by atoms with Gasteiger partial charge in [-0.1, -0.05) is 6.04 Å². The normalized spacial score (nSPS) is 9.75. The molecular formula is C5H13O2Si. The van der Waals surface area contributed by atoms with Crippen LogP contribution in [0.2, 0.25) is 6.04 Å². The van der Waals surface area contributed by atoms with Crippen LogP contribution in [0.25, 0.3) is 0 Å². The van der Waals surface area contributed by atoms with E-state index in [1.807, 2.05) is 10.2 Å². The fourth-order valence-electron chi connectivity index (χ4n) is 0.371. The highest BCUT2D eigenvalue weighted by atomic mass is 28.1. The van der Waals surface area contributed by atoms with Crippen molar-refractivity contribution in [1.82, 2.24) is 0 Å². The first kappa shape index (κ1) is 8.14. The Kier molecular flexibility index (Phi) is 7.26. The highest BCUT2D eigenvalue weighted by Crippen LogP contribution is 1.84. The van der Waals surface area contributed by atoms with Gasteiger partial charge in [-0.3, -0.25) is 0 Å². The lowest BCUT2D eigenvalue weighted by Crippen LogP contribution is -1.99. The second kappa shape index (κ2) is 7.14. The minimum atomic E-state index is 0.145. The smallest absolute Gasteiger partial charge is 0.0697 e. The molecule has 2 nitrogen and oxygen atoms in total. The van der Waals surface area contributed by atoms with Crippen molar-refractivity contribution in [3.63, 3.8) is 0 Å². The molecule has 0 aromatic carbocycles. The zero-order chi connectivity index (χ0) is 6.24. The summed E-state index contributed by atoms with van der Waals surface area (Å²) < 4.78 is 4.98. The highest BCUT2D eigenvalue weighted by molar-refractivity contribution is 6.08. The van der Waals surface area contributed by atoms with Crippen LogP contribution in [0, 0.1) is 0 Å². The molecule has 0 heterocycles. The van der Waals surface area contributed by atoms with E-state index >= 15 is 0 Å². The minimum Gasteiger partial charge on any atom is -0.394 e. The third kappa shape index (κ3) is 6.14. The van der Waals surface area contributed by atoms with Gasteiger partial charge in [0, 0.05) is 16.8 Å². The molecule has 0 saturated carbocycles. The number of hydrogen-bond donors (Lipinski definition) is 1. The summed E-state index contributed by atoms with van der Waals surface area (Å²) in [5.41, 5.74) is 0. The predicted molar refractivity (Wildman–Crippen MR) is 35.9 cm³/mol. The Morgan fingerprint density at radius 1 is 1.38 bits per heavy atom. The number of ether oxygens (including phenoxy) is 1. The van der Waals surface area contributed by atoms with E-state index in [2.05, 4.69) is 0 Å². The molecule has 1 radical (unpaired) electrons. The molecule has 0 spiro atoms. The lowest BCUT2D eigenvalue weighted by molar-refractivity contribution is 0.0929. The van der Waals surface area contributed by atoms with Gasteiger partial charge in [0.05, 0.1) is 13.2 Å². The molecular weight excluding hydrogens is 120 g/mol. The molecule has 0 atom stereocenters. The maximum Gasteiger partial charge on any atom is 0.0697 e.